The maximum absolute atomic E-state index is 12.1. The number of nitrogens with one attached hydrogen (secondary N) is 2. The van der Waals surface area contributed by atoms with Crippen LogP contribution in [-0.4, -0.2) is 36.4 Å². The Morgan fingerprint density at radius 1 is 1.70 bits per heavy atom. The molecule has 106 valence electrons. The Balaban J connectivity index is 2.03. The van der Waals surface area contributed by atoms with Crippen molar-refractivity contribution in [3.05, 3.63) is 35.2 Å². The molecule has 20 heavy (non-hydrogen) atoms. The molecule has 0 aromatic heterocycles. The van der Waals surface area contributed by atoms with Crippen molar-refractivity contribution in [1.29, 1.82) is 0 Å². The summed E-state index contributed by atoms with van der Waals surface area (Å²) in [5.74, 6) is -0.298. The van der Waals surface area contributed by atoms with Gasteiger partial charge in [0.05, 0.1) is 31.1 Å². The van der Waals surface area contributed by atoms with Crippen LogP contribution < -0.4 is 10.9 Å². The zero-order chi connectivity index (χ0) is 14.1. The lowest BCUT2D eigenvalue weighted by molar-refractivity contribution is -0.139. The Labute approximate surface area is 117 Å². The van der Waals surface area contributed by atoms with E-state index in [2.05, 4.69) is 22.5 Å². The predicted octanol–water partition coefficient (Wildman–Crippen LogP) is 0.815. The van der Waals surface area contributed by atoms with Gasteiger partial charge < -0.3 is 10.2 Å². The van der Waals surface area contributed by atoms with Gasteiger partial charge in [0.1, 0.15) is 5.70 Å². The first-order valence-corrected chi connectivity index (χ1v) is 6.84. The number of carbonyl (C=O) groups is 1. The van der Waals surface area contributed by atoms with Gasteiger partial charge in [-0.25, -0.2) is 4.79 Å². The molecule has 3 aliphatic rings. The van der Waals surface area contributed by atoms with E-state index in [0.29, 0.717) is 18.8 Å². The minimum atomic E-state index is -0.298. The van der Waals surface area contributed by atoms with Gasteiger partial charge >= 0.3 is 5.97 Å². The molecule has 0 aromatic rings. The summed E-state index contributed by atoms with van der Waals surface area (Å²) in [5, 5.41) is 6.08. The fourth-order valence-electron chi connectivity index (χ4n) is 2.84. The van der Waals surface area contributed by atoms with Crippen molar-refractivity contribution in [3.63, 3.8) is 0 Å². The largest absolute Gasteiger partial charge is 0.461 e. The van der Waals surface area contributed by atoms with Crippen LogP contribution in [0.1, 0.15) is 19.8 Å². The molecule has 1 unspecified atom stereocenters. The van der Waals surface area contributed by atoms with E-state index in [9.17, 15) is 4.79 Å². The number of nitrogens with zero attached hydrogens (tertiary/aromatic N) is 2. The molecule has 0 bridgehead atoms. The Morgan fingerprint density at radius 2 is 2.55 bits per heavy atom. The van der Waals surface area contributed by atoms with Gasteiger partial charge in [-0.1, -0.05) is 6.08 Å². The summed E-state index contributed by atoms with van der Waals surface area (Å²) in [6.45, 7) is 6.56. The number of allylic oxidation sites excluding steroid dienone is 1. The summed E-state index contributed by atoms with van der Waals surface area (Å²) in [7, 11) is 0. The summed E-state index contributed by atoms with van der Waals surface area (Å²) < 4.78 is 5.13. The van der Waals surface area contributed by atoms with Crippen LogP contribution in [0.3, 0.4) is 0 Å². The molecule has 0 spiro atoms. The number of hydrogen-bond acceptors (Lipinski definition) is 6. The molecule has 2 aliphatic heterocycles. The van der Waals surface area contributed by atoms with Gasteiger partial charge in [0.15, 0.2) is 0 Å². The Morgan fingerprint density at radius 3 is 3.30 bits per heavy atom. The quantitative estimate of drug-likeness (QED) is 0.587. The first-order chi connectivity index (χ1) is 9.76. The van der Waals surface area contributed by atoms with Gasteiger partial charge in [0.25, 0.3) is 0 Å². The molecule has 1 atom stereocenters. The van der Waals surface area contributed by atoms with Crippen molar-refractivity contribution in [2.24, 2.45) is 5.10 Å². The normalized spacial score (nSPS) is 23.2. The van der Waals surface area contributed by atoms with E-state index < -0.39 is 0 Å². The Bertz CT molecular complexity index is 547. The van der Waals surface area contributed by atoms with Crippen molar-refractivity contribution in [1.82, 2.24) is 15.9 Å². The minimum Gasteiger partial charge on any atom is -0.461 e. The third kappa shape index (κ3) is 1.88. The highest BCUT2D eigenvalue weighted by Crippen LogP contribution is 2.38. The van der Waals surface area contributed by atoms with E-state index in [1.165, 1.54) is 0 Å². The molecular formula is C14H18N4O2. The van der Waals surface area contributed by atoms with Crippen LogP contribution in [-0.2, 0) is 9.53 Å². The SMILES string of the molecule is C=CCN1NC(C(=O)OCC)=C2CCC3NN=CC3=C21. The van der Waals surface area contributed by atoms with Crippen molar-refractivity contribution in [2.75, 3.05) is 13.2 Å². The average Bonchev–Trinajstić information content (AvgIpc) is 3.03. The van der Waals surface area contributed by atoms with Crippen LogP contribution in [0.25, 0.3) is 0 Å². The van der Waals surface area contributed by atoms with Gasteiger partial charge in [0.2, 0.25) is 0 Å². The summed E-state index contributed by atoms with van der Waals surface area (Å²) in [6, 6.07) is 0.240. The van der Waals surface area contributed by atoms with Crippen LogP contribution in [0.15, 0.2) is 40.3 Å². The van der Waals surface area contributed by atoms with Gasteiger partial charge in [-0.3, -0.25) is 10.4 Å². The van der Waals surface area contributed by atoms with E-state index in [4.69, 9.17) is 4.74 Å². The number of ether oxygens (including phenoxy) is 1. The number of hydrazone groups is 1. The smallest absolute Gasteiger partial charge is 0.356 e. The minimum absolute atomic E-state index is 0.240. The molecule has 0 fully saturated rings. The lowest BCUT2D eigenvalue weighted by Crippen LogP contribution is -2.36. The number of fused-ring (bicyclic) bond motifs is 2. The van der Waals surface area contributed by atoms with Crippen LogP contribution in [0.5, 0.6) is 0 Å². The summed E-state index contributed by atoms with van der Waals surface area (Å²) in [4.78, 5) is 12.1. The molecule has 0 saturated carbocycles. The van der Waals surface area contributed by atoms with Crippen molar-refractivity contribution < 1.29 is 9.53 Å². The van der Waals surface area contributed by atoms with Gasteiger partial charge in [-0.05, 0) is 19.8 Å². The third-order valence-corrected chi connectivity index (χ3v) is 3.66. The summed E-state index contributed by atoms with van der Waals surface area (Å²) in [6.07, 6.45) is 5.40. The fraction of sp³-hybridized carbons (Fsp3) is 0.429. The molecular weight excluding hydrogens is 256 g/mol. The number of carbonyl (C=O) groups excluding carboxylic acids is 1. The molecule has 6 heteroatoms. The molecule has 0 aromatic carbocycles. The zero-order valence-electron chi connectivity index (χ0n) is 11.5. The monoisotopic (exact) mass is 274 g/mol. The summed E-state index contributed by atoms with van der Waals surface area (Å²) in [5.41, 5.74) is 9.98. The van der Waals surface area contributed by atoms with Crippen LogP contribution in [0.4, 0.5) is 0 Å². The van der Waals surface area contributed by atoms with Gasteiger partial charge in [-0.2, -0.15) is 5.10 Å². The molecule has 2 N–H and O–H groups in total. The standard InChI is InChI=1S/C14H18N4O2/c1-3-7-18-13-9(12(17-18)14(19)20-4-2)5-6-11-10(13)8-15-16-11/h3,8,11,16-17H,1,4-7H2,2H3. The Kier molecular flexibility index (Phi) is 3.22. The first-order valence-electron chi connectivity index (χ1n) is 6.84. The highest BCUT2D eigenvalue weighted by molar-refractivity contribution is 5.93. The van der Waals surface area contributed by atoms with Crippen molar-refractivity contribution >= 4 is 12.2 Å². The maximum atomic E-state index is 12.1. The van der Waals surface area contributed by atoms with Crippen LogP contribution in [0.2, 0.25) is 0 Å². The molecule has 0 saturated heterocycles. The maximum Gasteiger partial charge on any atom is 0.356 e. The topological polar surface area (TPSA) is 66.0 Å². The molecule has 3 rings (SSSR count). The molecule has 0 radical (unpaired) electrons. The molecule has 0 amide bonds. The second-order valence-electron chi connectivity index (χ2n) is 4.87. The third-order valence-electron chi connectivity index (χ3n) is 3.66. The lowest BCUT2D eigenvalue weighted by Gasteiger charge is -2.27. The number of hydrazine groups is 1. The molecule has 1 aliphatic carbocycles. The molecule has 6 nitrogen and oxygen atoms in total. The van der Waals surface area contributed by atoms with Gasteiger partial charge in [0, 0.05) is 11.1 Å². The van der Waals surface area contributed by atoms with E-state index in [0.717, 1.165) is 29.7 Å². The van der Waals surface area contributed by atoms with E-state index >= 15 is 0 Å². The average molecular weight is 274 g/mol. The Hall–Kier alpha value is -2.24. The van der Waals surface area contributed by atoms with Crippen LogP contribution >= 0.6 is 0 Å². The number of esters is 1. The fourth-order valence-corrected chi connectivity index (χ4v) is 2.84. The number of hydrogen-bond donors (Lipinski definition) is 2. The lowest BCUT2D eigenvalue weighted by atomic mass is 9.88. The van der Waals surface area contributed by atoms with Gasteiger partial charge in [-0.15, -0.1) is 6.58 Å². The second-order valence-corrected chi connectivity index (χ2v) is 4.87. The van der Waals surface area contributed by atoms with Crippen molar-refractivity contribution in [3.8, 4) is 0 Å². The second kappa shape index (κ2) is 5.03. The van der Waals surface area contributed by atoms with Crippen LogP contribution in [0, 0.1) is 0 Å². The zero-order valence-corrected chi connectivity index (χ0v) is 11.5. The van der Waals surface area contributed by atoms with Crippen molar-refractivity contribution in [2.45, 2.75) is 25.8 Å². The van der Waals surface area contributed by atoms with E-state index in [1.807, 2.05) is 18.1 Å². The summed E-state index contributed by atoms with van der Waals surface area (Å²) >= 11 is 0. The highest BCUT2D eigenvalue weighted by atomic mass is 16.5. The predicted molar refractivity (Wildman–Crippen MR) is 75.4 cm³/mol. The number of rotatable bonds is 4. The van der Waals surface area contributed by atoms with E-state index in [1.54, 1.807) is 6.08 Å². The highest BCUT2D eigenvalue weighted by Gasteiger charge is 2.38. The van der Waals surface area contributed by atoms with E-state index in [-0.39, 0.29) is 12.0 Å². The molecule has 2 heterocycles. The first kappa shape index (κ1) is 12.8.